The van der Waals surface area contributed by atoms with E-state index in [0.29, 0.717) is 6.42 Å². The topological polar surface area (TPSA) is 69.9 Å². The van der Waals surface area contributed by atoms with E-state index in [1.54, 1.807) is 0 Å². The maximum absolute atomic E-state index is 10.2. The van der Waals surface area contributed by atoms with Crippen LogP contribution in [0.4, 0.5) is 0 Å². The number of aliphatic hydroxyl groups is 2. The van der Waals surface area contributed by atoms with Crippen molar-refractivity contribution in [3.8, 4) is 0 Å². The third kappa shape index (κ3) is 3.12. The molecule has 17 heavy (non-hydrogen) atoms. The van der Waals surface area contributed by atoms with Crippen molar-refractivity contribution in [3.63, 3.8) is 0 Å². The van der Waals surface area contributed by atoms with Gasteiger partial charge in [-0.05, 0) is 24.6 Å². The Labute approximate surface area is 106 Å². The Hall–Kier alpha value is 0.122. The average Bonchev–Trinajstić information content (AvgIpc) is 2.43. The van der Waals surface area contributed by atoms with Gasteiger partial charge in [-0.2, -0.15) is 0 Å². The van der Waals surface area contributed by atoms with Gasteiger partial charge < -0.3 is 19.7 Å². The third-order valence-electron chi connectivity index (χ3n) is 4.16. The van der Waals surface area contributed by atoms with Crippen LogP contribution in [0.3, 0.4) is 0 Å². The molecule has 1 fully saturated rings. The minimum atomic E-state index is -2.33. The van der Waals surface area contributed by atoms with Crippen LogP contribution in [0, 0.1) is 5.92 Å². The predicted molar refractivity (Wildman–Crippen MR) is 69.4 cm³/mol. The van der Waals surface area contributed by atoms with Gasteiger partial charge in [0.2, 0.25) is 0 Å². The highest BCUT2D eigenvalue weighted by molar-refractivity contribution is 6.72. The second-order valence-electron chi connectivity index (χ2n) is 6.12. The molecule has 0 aromatic carbocycles. The van der Waals surface area contributed by atoms with Crippen LogP contribution in [0.5, 0.6) is 0 Å². The summed E-state index contributed by atoms with van der Waals surface area (Å²) in [6.07, 6.45) is -0.762. The van der Waals surface area contributed by atoms with Crippen LogP contribution in [0.2, 0.25) is 18.1 Å². The Morgan fingerprint density at radius 1 is 1.35 bits per heavy atom. The summed E-state index contributed by atoms with van der Waals surface area (Å²) in [5, 5.41) is 18.8. The highest BCUT2D eigenvalue weighted by Gasteiger charge is 2.47. The Bertz CT molecular complexity index is 267. The van der Waals surface area contributed by atoms with Gasteiger partial charge in [0.15, 0.2) is 8.32 Å². The van der Waals surface area contributed by atoms with E-state index in [-0.39, 0.29) is 17.6 Å². The third-order valence-corrected chi connectivity index (χ3v) is 7.67. The Balaban J connectivity index is 2.75. The first-order valence-corrected chi connectivity index (χ1v) is 8.97. The first kappa shape index (κ1) is 15.2. The van der Waals surface area contributed by atoms with Crippen molar-refractivity contribution in [2.45, 2.75) is 56.6 Å². The molecule has 0 amide bonds. The van der Waals surface area contributed by atoms with Gasteiger partial charge in [-0.1, -0.05) is 13.8 Å². The van der Waals surface area contributed by atoms with Crippen molar-refractivity contribution < 1.29 is 19.7 Å². The van der Waals surface area contributed by atoms with Crippen molar-refractivity contribution >= 4 is 16.2 Å². The molecule has 3 N–H and O–H groups in total. The van der Waals surface area contributed by atoms with Crippen LogP contribution in [-0.2, 0) is 4.74 Å². The molecular formula is C11H23BO4Si. The van der Waals surface area contributed by atoms with Gasteiger partial charge in [0.1, 0.15) is 14.0 Å². The summed E-state index contributed by atoms with van der Waals surface area (Å²) in [7, 11) is 3.50. The highest BCUT2D eigenvalue weighted by atomic mass is 28.4. The molecule has 0 bridgehead atoms. The molecule has 1 aliphatic rings. The van der Waals surface area contributed by atoms with Gasteiger partial charge in [-0.15, -0.1) is 0 Å². The van der Waals surface area contributed by atoms with E-state index in [2.05, 4.69) is 0 Å². The lowest BCUT2D eigenvalue weighted by molar-refractivity contribution is -0.00532. The fourth-order valence-electron chi connectivity index (χ4n) is 2.08. The number of hydrogen-bond donors (Lipinski definition) is 3. The predicted octanol–water partition coefficient (Wildman–Crippen LogP) is 0.217. The average molecular weight is 258 g/mol. The van der Waals surface area contributed by atoms with E-state index < -0.39 is 26.5 Å². The lowest BCUT2D eigenvalue weighted by Gasteiger charge is -2.38. The smallest absolute Gasteiger partial charge is 0.188 e. The van der Waals surface area contributed by atoms with E-state index in [1.807, 2.05) is 26.9 Å². The standard InChI is InChI=1S/C11H23BO4Si/c1-11(2,17(3,4)15)5-7-9(14)8(6-13)16-10(7)12/h7-10,13-15H,5-6H2,1-4H3/t7-,8+,9?,10+/m0/s1. The lowest BCUT2D eigenvalue weighted by atomic mass is 9.79. The highest BCUT2D eigenvalue weighted by Crippen LogP contribution is 2.45. The fraction of sp³-hybridized carbons (Fsp3) is 1.00. The van der Waals surface area contributed by atoms with Crippen molar-refractivity contribution in [2.75, 3.05) is 6.61 Å². The summed E-state index contributed by atoms with van der Waals surface area (Å²) in [5.74, 6) is -0.235. The van der Waals surface area contributed by atoms with E-state index in [1.165, 1.54) is 0 Å². The minimum Gasteiger partial charge on any atom is -0.432 e. The molecule has 1 saturated heterocycles. The molecule has 2 radical (unpaired) electrons. The van der Waals surface area contributed by atoms with Crippen LogP contribution in [0.1, 0.15) is 20.3 Å². The zero-order valence-corrected chi connectivity index (χ0v) is 12.1. The van der Waals surface area contributed by atoms with Crippen molar-refractivity contribution in [3.05, 3.63) is 0 Å². The molecular weight excluding hydrogens is 235 g/mol. The second-order valence-corrected chi connectivity index (χ2v) is 10.6. The number of rotatable bonds is 4. The quantitative estimate of drug-likeness (QED) is 0.631. The summed E-state index contributed by atoms with van der Waals surface area (Å²) >= 11 is 0. The largest absolute Gasteiger partial charge is 0.432 e. The normalized spacial score (nSPS) is 35.2. The molecule has 98 valence electrons. The molecule has 0 saturated carbocycles. The molecule has 4 atom stereocenters. The summed E-state index contributed by atoms with van der Waals surface area (Å²) in [6, 6.07) is -0.572. The summed E-state index contributed by atoms with van der Waals surface area (Å²) in [5.41, 5.74) is 0. The molecule has 1 rings (SSSR count). The van der Waals surface area contributed by atoms with E-state index in [9.17, 15) is 9.90 Å². The van der Waals surface area contributed by atoms with Crippen LogP contribution in [-0.4, -0.2) is 56.0 Å². The molecule has 0 aliphatic carbocycles. The van der Waals surface area contributed by atoms with Crippen molar-refractivity contribution in [1.29, 1.82) is 0 Å². The van der Waals surface area contributed by atoms with Gasteiger partial charge in [0, 0.05) is 11.9 Å². The zero-order valence-electron chi connectivity index (χ0n) is 11.1. The zero-order chi connectivity index (χ0) is 13.4. The summed E-state index contributed by atoms with van der Waals surface area (Å²) < 4.78 is 5.31. The van der Waals surface area contributed by atoms with E-state index in [4.69, 9.17) is 17.7 Å². The molecule has 1 heterocycles. The second kappa shape index (κ2) is 5.01. The number of hydrogen-bond acceptors (Lipinski definition) is 4. The number of ether oxygens (including phenoxy) is 1. The van der Waals surface area contributed by atoms with Gasteiger partial charge in [0.05, 0.1) is 12.7 Å². The SMILES string of the molecule is [B][C@@H]1O[C@H](CO)C(O)[C@@H]1CC(C)(C)[Si](C)(C)O. The molecule has 0 aromatic rings. The molecule has 0 spiro atoms. The Kier molecular flexibility index (Phi) is 4.48. The van der Waals surface area contributed by atoms with Crippen molar-refractivity contribution in [2.24, 2.45) is 5.92 Å². The Morgan fingerprint density at radius 2 is 1.88 bits per heavy atom. The monoisotopic (exact) mass is 258 g/mol. The molecule has 6 heteroatoms. The maximum Gasteiger partial charge on any atom is 0.188 e. The van der Waals surface area contributed by atoms with Gasteiger partial charge >= 0.3 is 0 Å². The van der Waals surface area contributed by atoms with E-state index in [0.717, 1.165) is 0 Å². The minimum absolute atomic E-state index is 0.230. The van der Waals surface area contributed by atoms with E-state index >= 15 is 0 Å². The first-order chi connectivity index (χ1) is 7.60. The van der Waals surface area contributed by atoms with Crippen molar-refractivity contribution in [1.82, 2.24) is 0 Å². The summed E-state index contributed by atoms with van der Waals surface area (Å²) in [6.45, 7) is 7.51. The number of aliphatic hydroxyl groups excluding tert-OH is 2. The van der Waals surface area contributed by atoms with Crippen LogP contribution < -0.4 is 0 Å². The first-order valence-electron chi connectivity index (χ1n) is 6.02. The molecule has 1 unspecified atom stereocenters. The maximum atomic E-state index is 10.2. The molecule has 0 aromatic heterocycles. The van der Waals surface area contributed by atoms with Gasteiger partial charge in [0.25, 0.3) is 0 Å². The van der Waals surface area contributed by atoms with Crippen LogP contribution in [0.15, 0.2) is 0 Å². The molecule has 1 aliphatic heterocycles. The van der Waals surface area contributed by atoms with Gasteiger partial charge in [-0.3, -0.25) is 0 Å². The fourth-order valence-corrected chi connectivity index (χ4v) is 2.82. The Morgan fingerprint density at radius 3 is 2.24 bits per heavy atom. The van der Waals surface area contributed by atoms with Crippen LogP contribution >= 0.6 is 0 Å². The summed E-state index contributed by atoms with van der Waals surface area (Å²) in [4.78, 5) is 10.2. The lowest BCUT2D eigenvalue weighted by Crippen LogP contribution is -2.43. The molecule has 4 nitrogen and oxygen atoms in total. The van der Waals surface area contributed by atoms with Crippen LogP contribution in [0.25, 0.3) is 0 Å². The van der Waals surface area contributed by atoms with Gasteiger partial charge in [-0.25, -0.2) is 0 Å².